The summed E-state index contributed by atoms with van der Waals surface area (Å²) in [5, 5.41) is 3.84. The quantitative estimate of drug-likeness (QED) is 0.638. The molecule has 0 amide bonds. The van der Waals surface area contributed by atoms with Crippen LogP contribution in [0.4, 0.5) is 0 Å². The molecular formula is C6H5N3OS. The van der Waals surface area contributed by atoms with E-state index in [0.29, 0.717) is 5.88 Å². The fraction of sp³-hybridized carbons (Fsp3) is 0.167. The van der Waals surface area contributed by atoms with Crippen LogP contribution in [-0.2, 0) is 0 Å². The first-order valence-electron chi connectivity index (χ1n) is 3.03. The van der Waals surface area contributed by atoms with Gasteiger partial charge in [-0.05, 0) is 6.07 Å². The van der Waals surface area contributed by atoms with Gasteiger partial charge in [-0.3, -0.25) is 0 Å². The maximum atomic E-state index is 4.93. The molecule has 2 aromatic rings. The zero-order chi connectivity index (χ0) is 7.68. The normalized spacial score (nSPS) is 10.3. The third-order valence-electron chi connectivity index (χ3n) is 1.30. The Kier molecular flexibility index (Phi) is 1.43. The number of aromatic nitrogens is 3. The fourth-order valence-electron chi connectivity index (χ4n) is 0.776. The Balaban J connectivity index is 2.67. The molecule has 0 fully saturated rings. The van der Waals surface area contributed by atoms with Crippen molar-refractivity contribution in [3.8, 4) is 5.88 Å². The number of ether oxygens (including phenoxy) is 1. The lowest BCUT2D eigenvalue weighted by atomic mass is 10.4. The summed E-state index contributed by atoms with van der Waals surface area (Å²) in [4.78, 5) is 4.93. The van der Waals surface area contributed by atoms with Crippen LogP contribution in [-0.4, -0.2) is 21.7 Å². The predicted molar refractivity (Wildman–Crippen MR) is 41.8 cm³/mol. The van der Waals surface area contributed by atoms with Crippen molar-refractivity contribution in [2.45, 2.75) is 0 Å². The van der Waals surface area contributed by atoms with Crippen LogP contribution in [0.15, 0.2) is 12.1 Å². The summed E-state index contributed by atoms with van der Waals surface area (Å²) >= 11 is 1.26. The number of fused-ring (bicyclic) bond motifs is 1. The summed E-state index contributed by atoms with van der Waals surface area (Å²) in [6.07, 6.45) is 0. The van der Waals surface area contributed by atoms with Gasteiger partial charge in [0.05, 0.1) is 7.11 Å². The Morgan fingerprint density at radius 2 is 2.36 bits per heavy atom. The molecule has 2 heterocycles. The van der Waals surface area contributed by atoms with Crippen LogP contribution < -0.4 is 4.74 Å². The van der Waals surface area contributed by atoms with E-state index in [1.165, 1.54) is 11.5 Å². The van der Waals surface area contributed by atoms with Gasteiger partial charge >= 0.3 is 0 Å². The molecule has 0 N–H and O–H groups in total. The van der Waals surface area contributed by atoms with E-state index in [1.54, 1.807) is 13.2 Å². The van der Waals surface area contributed by atoms with Crippen molar-refractivity contribution in [2.75, 3.05) is 7.11 Å². The van der Waals surface area contributed by atoms with Gasteiger partial charge in [0, 0.05) is 17.6 Å². The summed E-state index contributed by atoms with van der Waals surface area (Å²) in [5.74, 6) is 0.601. The van der Waals surface area contributed by atoms with E-state index in [-0.39, 0.29) is 0 Å². The topological polar surface area (TPSA) is 47.9 Å². The number of methoxy groups -OCH3 is 1. The molecule has 0 aliphatic rings. The number of hydrogen-bond donors (Lipinski definition) is 0. The van der Waals surface area contributed by atoms with E-state index in [4.69, 9.17) is 4.74 Å². The van der Waals surface area contributed by atoms with Gasteiger partial charge in [-0.1, -0.05) is 4.49 Å². The van der Waals surface area contributed by atoms with Gasteiger partial charge in [-0.2, -0.15) is 4.98 Å². The SMILES string of the molecule is COc1ccc2nnsc2n1. The van der Waals surface area contributed by atoms with Gasteiger partial charge in [-0.15, -0.1) is 5.10 Å². The van der Waals surface area contributed by atoms with Crippen molar-refractivity contribution in [3.63, 3.8) is 0 Å². The van der Waals surface area contributed by atoms with Gasteiger partial charge in [0.25, 0.3) is 0 Å². The van der Waals surface area contributed by atoms with Crippen LogP contribution in [0.3, 0.4) is 0 Å². The maximum Gasteiger partial charge on any atom is 0.214 e. The highest BCUT2D eigenvalue weighted by Gasteiger charge is 1.99. The maximum absolute atomic E-state index is 4.93. The molecule has 0 aliphatic carbocycles. The summed E-state index contributed by atoms with van der Waals surface area (Å²) in [6, 6.07) is 3.61. The Bertz CT molecular complexity index is 373. The van der Waals surface area contributed by atoms with Crippen LogP contribution in [0.5, 0.6) is 5.88 Å². The lowest BCUT2D eigenvalue weighted by Gasteiger charge is -1.94. The van der Waals surface area contributed by atoms with E-state index >= 15 is 0 Å². The molecule has 4 nitrogen and oxygen atoms in total. The van der Waals surface area contributed by atoms with E-state index in [0.717, 1.165) is 10.3 Å². The van der Waals surface area contributed by atoms with Gasteiger partial charge in [0.2, 0.25) is 5.88 Å². The number of hydrogen-bond acceptors (Lipinski definition) is 5. The van der Waals surface area contributed by atoms with Crippen molar-refractivity contribution in [3.05, 3.63) is 12.1 Å². The highest BCUT2D eigenvalue weighted by atomic mass is 32.1. The van der Waals surface area contributed by atoms with Crippen LogP contribution >= 0.6 is 11.5 Å². The smallest absolute Gasteiger partial charge is 0.214 e. The summed E-state index contributed by atoms with van der Waals surface area (Å²) < 4.78 is 8.68. The average Bonchev–Trinajstić information content (AvgIpc) is 2.50. The van der Waals surface area contributed by atoms with Gasteiger partial charge in [0.15, 0.2) is 4.83 Å². The molecule has 0 spiro atoms. The van der Waals surface area contributed by atoms with Gasteiger partial charge in [0.1, 0.15) is 5.52 Å². The Morgan fingerprint density at radius 3 is 3.18 bits per heavy atom. The lowest BCUT2D eigenvalue weighted by molar-refractivity contribution is 0.400. The van der Waals surface area contributed by atoms with E-state index in [2.05, 4.69) is 14.6 Å². The standard InChI is InChI=1S/C6H5N3OS/c1-10-5-3-2-4-6(7-5)11-9-8-4/h2-3H,1H3. The molecule has 0 aromatic carbocycles. The van der Waals surface area contributed by atoms with Crippen LogP contribution in [0, 0.1) is 0 Å². The van der Waals surface area contributed by atoms with Gasteiger partial charge in [-0.25, -0.2) is 0 Å². The summed E-state index contributed by atoms with van der Waals surface area (Å²) in [6.45, 7) is 0. The highest BCUT2D eigenvalue weighted by molar-refractivity contribution is 7.12. The van der Waals surface area contributed by atoms with E-state index < -0.39 is 0 Å². The molecule has 2 aromatic heterocycles. The minimum absolute atomic E-state index is 0.601. The third kappa shape index (κ3) is 1.03. The zero-order valence-corrected chi connectivity index (χ0v) is 6.63. The summed E-state index contributed by atoms with van der Waals surface area (Å²) in [7, 11) is 1.59. The van der Waals surface area contributed by atoms with E-state index in [1.807, 2.05) is 6.07 Å². The van der Waals surface area contributed by atoms with Crippen LogP contribution in [0.1, 0.15) is 0 Å². The Labute approximate surface area is 67.0 Å². The minimum atomic E-state index is 0.601. The van der Waals surface area contributed by atoms with Crippen molar-refractivity contribution >= 4 is 21.9 Å². The fourth-order valence-corrected chi connectivity index (χ4v) is 1.32. The molecule has 0 unspecified atom stereocenters. The molecule has 5 heteroatoms. The largest absolute Gasteiger partial charge is 0.481 e. The second-order valence-corrected chi connectivity index (χ2v) is 2.68. The minimum Gasteiger partial charge on any atom is -0.481 e. The molecule has 0 saturated heterocycles. The van der Waals surface area contributed by atoms with Crippen LogP contribution in [0.25, 0.3) is 10.3 Å². The third-order valence-corrected chi connectivity index (χ3v) is 1.94. The van der Waals surface area contributed by atoms with E-state index in [9.17, 15) is 0 Å². The number of pyridine rings is 1. The Morgan fingerprint density at radius 1 is 1.45 bits per heavy atom. The molecule has 0 aliphatic heterocycles. The van der Waals surface area contributed by atoms with Crippen molar-refractivity contribution in [1.29, 1.82) is 0 Å². The van der Waals surface area contributed by atoms with Gasteiger partial charge < -0.3 is 4.74 Å². The summed E-state index contributed by atoms with van der Waals surface area (Å²) in [5.41, 5.74) is 0.816. The average molecular weight is 167 g/mol. The van der Waals surface area contributed by atoms with Crippen molar-refractivity contribution in [2.24, 2.45) is 0 Å². The molecule has 0 atom stereocenters. The molecule has 0 bridgehead atoms. The zero-order valence-electron chi connectivity index (χ0n) is 5.81. The second-order valence-electron chi connectivity index (χ2n) is 1.95. The Hall–Kier alpha value is -1.23. The predicted octanol–water partition coefficient (Wildman–Crippen LogP) is 1.09. The molecule has 0 saturated carbocycles. The van der Waals surface area contributed by atoms with Crippen molar-refractivity contribution < 1.29 is 4.74 Å². The molecule has 2 rings (SSSR count). The first-order valence-corrected chi connectivity index (χ1v) is 3.80. The molecular weight excluding hydrogens is 162 g/mol. The van der Waals surface area contributed by atoms with Crippen molar-refractivity contribution in [1.82, 2.24) is 14.6 Å². The molecule has 0 radical (unpaired) electrons. The highest BCUT2D eigenvalue weighted by Crippen LogP contribution is 2.16. The number of rotatable bonds is 1. The van der Waals surface area contributed by atoms with Crippen LogP contribution in [0.2, 0.25) is 0 Å². The first kappa shape index (κ1) is 6.48. The lowest BCUT2D eigenvalue weighted by Crippen LogP contribution is -1.85. The molecule has 11 heavy (non-hydrogen) atoms. The molecule has 56 valence electrons. The number of nitrogens with zero attached hydrogens (tertiary/aromatic N) is 3. The second kappa shape index (κ2) is 2.43. The monoisotopic (exact) mass is 167 g/mol. The first-order chi connectivity index (χ1) is 5.40.